The molecule has 0 saturated heterocycles. The second-order valence-electron chi connectivity index (χ2n) is 7.00. The Labute approximate surface area is 197 Å². The number of aromatic nitrogens is 5. The molecule has 2 amide bonds. The Kier molecular flexibility index (Phi) is 5.70. The normalized spacial score (nSPS) is 11.5. The lowest BCUT2D eigenvalue weighted by Crippen LogP contribution is -2.18. The average molecular weight is 571 g/mol. The predicted octanol–water partition coefficient (Wildman–Crippen LogP) is 3.63. The first-order chi connectivity index (χ1) is 15.1. The van der Waals surface area contributed by atoms with Crippen LogP contribution in [0, 0.1) is 10.5 Å². The number of nitrogens with one attached hydrogen (secondary N) is 1. The molecular formula is C19H16F2IN7O2S. The molecule has 0 atom stereocenters. The van der Waals surface area contributed by atoms with Crippen molar-refractivity contribution in [1.29, 1.82) is 0 Å². The van der Waals surface area contributed by atoms with Gasteiger partial charge in [0.05, 0.1) is 15.0 Å². The van der Waals surface area contributed by atoms with E-state index >= 15 is 0 Å². The molecule has 4 rings (SSSR count). The number of halogens is 3. The topological polar surface area (TPSA) is 121 Å². The standard InChI is InChI=1S/C19H16F2IN7O2S/c1-7-9(5-28(2)26-7)8-4-11(16(20)21)24-19-12(8)14(15(32-19)17(23)30)25-18(31)13-10(22)6-29(3)27-13/h4-6,16H,1-3H3,(H2,23,30)(H,25,31). The van der Waals surface area contributed by atoms with Crippen LogP contribution in [0.3, 0.4) is 0 Å². The van der Waals surface area contributed by atoms with Crippen molar-refractivity contribution in [3.8, 4) is 11.1 Å². The molecular weight excluding hydrogens is 555 g/mol. The third-order valence-electron chi connectivity index (χ3n) is 4.67. The van der Waals surface area contributed by atoms with Crippen LogP contribution in [0.5, 0.6) is 0 Å². The number of thiophene rings is 1. The molecule has 4 aromatic heterocycles. The lowest BCUT2D eigenvalue weighted by Gasteiger charge is -2.10. The van der Waals surface area contributed by atoms with E-state index in [2.05, 4.69) is 20.5 Å². The summed E-state index contributed by atoms with van der Waals surface area (Å²) in [6, 6.07) is 1.24. The molecule has 9 nitrogen and oxygen atoms in total. The zero-order chi connectivity index (χ0) is 23.3. The molecule has 4 heterocycles. The highest BCUT2D eigenvalue weighted by Gasteiger charge is 2.27. The van der Waals surface area contributed by atoms with Gasteiger partial charge in [-0.15, -0.1) is 11.3 Å². The van der Waals surface area contributed by atoms with Crippen molar-refractivity contribution in [1.82, 2.24) is 24.5 Å². The van der Waals surface area contributed by atoms with Crippen molar-refractivity contribution in [2.24, 2.45) is 19.8 Å². The summed E-state index contributed by atoms with van der Waals surface area (Å²) >= 11 is 2.82. The van der Waals surface area contributed by atoms with Crippen LogP contribution in [0.1, 0.15) is 38.0 Å². The number of carbonyl (C=O) groups is 2. The number of nitrogens with zero attached hydrogens (tertiary/aromatic N) is 5. The van der Waals surface area contributed by atoms with Crippen molar-refractivity contribution in [2.75, 3.05) is 5.32 Å². The highest BCUT2D eigenvalue weighted by molar-refractivity contribution is 14.1. The zero-order valence-electron chi connectivity index (χ0n) is 17.0. The summed E-state index contributed by atoms with van der Waals surface area (Å²) in [4.78, 5) is 29.3. The van der Waals surface area contributed by atoms with E-state index in [9.17, 15) is 18.4 Å². The summed E-state index contributed by atoms with van der Waals surface area (Å²) in [7, 11) is 3.38. The maximum atomic E-state index is 13.6. The Bertz CT molecular complexity index is 1390. The summed E-state index contributed by atoms with van der Waals surface area (Å²) in [5.74, 6) is -1.38. The Balaban J connectivity index is 1.99. The van der Waals surface area contributed by atoms with E-state index in [-0.39, 0.29) is 21.1 Å². The Hall–Kier alpha value is -2.94. The first kappa shape index (κ1) is 22.3. The Morgan fingerprint density at radius 1 is 1.19 bits per heavy atom. The third kappa shape index (κ3) is 3.85. The minimum absolute atomic E-state index is 0.000925. The Morgan fingerprint density at radius 2 is 1.88 bits per heavy atom. The lowest BCUT2D eigenvalue weighted by atomic mass is 10.0. The summed E-state index contributed by atoms with van der Waals surface area (Å²) in [5.41, 5.74) is 6.88. The van der Waals surface area contributed by atoms with Gasteiger partial charge in [0.2, 0.25) is 0 Å². The first-order valence-electron chi connectivity index (χ1n) is 9.13. The molecule has 0 bridgehead atoms. The molecule has 0 fully saturated rings. The van der Waals surface area contributed by atoms with E-state index in [1.165, 1.54) is 10.7 Å². The first-order valence-corrected chi connectivity index (χ1v) is 11.0. The summed E-state index contributed by atoms with van der Waals surface area (Å²) in [5, 5.41) is 11.5. The smallest absolute Gasteiger partial charge is 0.280 e. The molecule has 32 heavy (non-hydrogen) atoms. The van der Waals surface area contributed by atoms with Crippen LogP contribution in [0.25, 0.3) is 21.3 Å². The van der Waals surface area contributed by atoms with E-state index < -0.39 is 23.9 Å². The fourth-order valence-corrected chi connectivity index (χ4v) is 5.15. The zero-order valence-corrected chi connectivity index (χ0v) is 20.0. The van der Waals surface area contributed by atoms with E-state index in [0.717, 1.165) is 11.3 Å². The molecule has 3 N–H and O–H groups in total. The van der Waals surface area contributed by atoms with Gasteiger partial charge in [-0.25, -0.2) is 13.8 Å². The van der Waals surface area contributed by atoms with Crippen LogP contribution in [-0.2, 0) is 14.1 Å². The summed E-state index contributed by atoms with van der Waals surface area (Å²) in [6.45, 7) is 1.74. The van der Waals surface area contributed by atoms with Gasteiger partial charge in [0, 0.05) is 37.4 Å². The number of carbonyl (C=O) groups excluding carboxylic acids is 2. The monoisotopic (exact) mass is 571 g/mol. The number of pyridine rings is 1. The molecule has 0 radical (unpaired) electrons. The largest absolute Gasteiger partial charge is 0.365 e. The van der Waals surface area contributed by atoms with Gasteiger partial charge in [-0.05, 0) is 41.1 Å². The highest BCUT2D eigenvalue weighted by atomic mass is 127. The fraction of sp³-hybridized carbons (Fsp3) is 0.211. The third-order valence-corrected chi connectivity index (χ3v) is 6.56. The molecule has 4 aromatic rings. The van der Waals surface area contributed by atoms with Gasteiger partial charge in [0.25, 0.3) is 18.2 Å². The number of nitrogens with two attached hydrogens (primary N) is 1. The van der Waals surface area contributed by atoms with Crippen molar-refractivity contribution in [3.05, 3.63) is 44.0 Å². The SMILES string of the molecule is Cc1nn(C)cc1-c1cc(C(F)F)nc2sc(C(N)=O)c(NC(=O)c3nn(C)cc3I)c12. The van der Waals surface area contributed by atoms with E-state index in [0.29, 0.717) is 25.8 Å². The minimum atomic E-state index is -2.83. The van der Waals surface area contributed by atoms with Gasteiger partial charge in [-0.1, -0.05) is 0 Å². The van der Waals surface area contributed by atoms with Crippen LogP contribution >= 0.6 is 33.9 Å². The number of hydrogen-bond acceptors (Lipinski definition) is 6. The molecule has 166 valence electrons. The van der Waals surface area contributed by atoms with E-state index in [4.69, 9.17) is 5.73 Å². The van der Waals surface area contributed by atoms with Crippen LogP contribution in [0.2, 0.25) is 0 Å². The van der Waals surface area contributed by atoms with Crippen molar-refractivity contribution < 1.29 is 18.4 Å². The van der Waals surface area contributed by atoms with Crippen molar-refractivity contribution in [2.45, 2.75) is 13.3 Å². The summed E-state index contributed by atoms with van der Waals surface area (Å²) < 4.78 is 30.8. The van der Waals surface area contributed by atoms with Crippen molar-refractivity contribution >= 4 is 61.6 Å². The minimum Gasteiger partial charge on any atom is -0.365 e. The number of fused-ring (bicyclic) bond motifs is 1. The van der Waals surface area contributed by atoms with E-state index in [1.807, 2.05) is 22.6 Å². The molecule has 0 spiro atoms. The average Bonchev–Trinajstić information content (AvgIpc) is 3.35. The molecule has 0 aliphatic heterocycles. The molecule has 0 aliphatic carbocycles. The molecule has 0 unspecified atom stereocenters. The van der Waals surface area contributed by atoms with Gasteiger partial charge < -0.3 is 11.1 Å². The summed E-state index contributed by atoms with van der Waals surface area (Å²) in [6.07, 6.45) is 0.508. The van der Waals surface area contributed by atoms with Crippen LogP contribution in [-0.4, -0.2) is 36.4 Å². The van der Waals surface area contributed by atoms with Crippen LogP contribution in [0.15, 0.2) is 18.5 Å². The number of primary amides is 1. The Morgan fingerprint density at radius 3 is 2.41 bits per heavy atom. The van der Waals surface area contributed by atoms with Crippen LogP contribution < -0.4 is 11.1 Å². The van der Waals surface area contributed by atoms with Crippen LogP contribution in [0.4, 0.5) is 14.5 Å². The second-order valence-corrected chi connectivity index (χ2v) is 9.16. The van der Waals surface area contributed by atoms with Crippen molar-refractivity contribution in [3.63, 3.8) is 0 Å². The van der Waals surface area contributed by atoms with Gasteiger partial charge in [-0.2, -0.15) is 10.2 Å². The molecule has 13 heteroatoms. The van der Waals surface area contributed by atoms with Gasteiger partial charge in [0.1, 0.15) is 15.4 Å². The van der Waals surface area contributed by atoms with Gasteiger partial charge >= 0.3 is 0 Å². The lowest BCUT2D eigenvalue weighted by molar-refractivity contribution is 0.100. The van der Waals surface area contributed by atoms with Gasteiger partial charge in [-0.3, -0.25) is 19.0 Å². The maximum Gasteiger partial charge on any atom is 0.280 e. The fourth-order valence-electron chi connectivity index (χ4n) is 3.38. The quantitative estimate of drug-likeness (QED) is 0.355. The molecule has 0 aromatic carbocycles. The molecule has 0 saturated carbocycles. The van der Waals surface area contributed by atoms with E-state index in [1.54, 1.807) is 38.1 Å². The number of amides is 2. The number of hydrogen-bond donors (Lipinski definition) is 2. The second kappa shape index (κ2) is 8.20. The molecule has 0 aliphatic rings. The highest BCUT2D eigenvalue weighted by Crippen LogP contribution is 2.43. The maximum absolute atomic E-state index is 13.6. The number of anilines is 1. The predicted molar refractivity (Wildman–Crippen MR) is 124 cm³/mol. The number of aryl methyl sites for hydroxylation is 3. The number of alkyl halides is 2. The van der Waals surface area contributed by atoms with Gasteiger partial charge in [0.15, 0.2) is 5.69 Å². The number of rotatable bonds is 5.